The maximum absolute atomic E-state index is 5.90. The van der Waals surface area contributed by atoms with E-state index in [1.54, 1.807) is 0 Å². The van der Waals surface area contributed by atoms with Gasteiger partial charge in [0, 0.05) is 17.9 Å². The lowest BCUT2D eigenvalue weighted by molar-refractivity contribution is 0.105. The summed E-state index contributed by atoms with van der Waals surface area (Å²) in [5, 5.41) is 7.18. The number of aromatic nitrogens is 3. The van der Waals surface area contributed by atoms with Crippen LogP contribution in [0.5, 0.6) is 0 Å². The fourth-order valence-electron chi connectivity index (χ4n) is 2.12. The molecule has 1 fully saturated rings. The van der Waals surface area contributed by atoms with Crippen molar-refractivity contribution in [2.45, 2.75) is 25.9 Å². The summed E-state index contributed by atoms with van der Waals surface area (Å²) in [6.07, 6.45) is 2.15. The molecule has 0 radical (unpaired) electrons. The number of anilines is 1. The summed E-state index contributed by atoms with van der Waals surface area (Å²) in [5.41, 5.74) is 8.65. The molecule has 5 heteroatoms. The zero-order chi connectivity index (χ0) is 12.5. The third kappa shape index (κ3) is 1.97. The van der Waals surface area contributed by atoms with E-state index >= 15 is 0 Å². The molecule has 1 aromatic carbocycles. The molecule has 94 valence electrons. The quantitative estimate of drug-likeness (QED) is 0.794. The summed E-state index contributed by atoms with van der Waals surface area (Å²) >= 11 is 0. The van der Waals surface area contributed by atoms with Crippen LogP contribution in [-0.4, -0.2) is 21.8 Å². The van der Waals surface area contributed by atoms with Crippen molar-refractivity contribution in [2.75, 3.05) is 12.3 Å². The van der Waals surface area contributed by atoms with Crippen LogP contribution >= 0.6 is 0 Å². The van der Waals surface area contributed by atoms with Gasteiger partial charge in [0.2, 0.25) is 0 Å². The third-order valence-corrected chi connectivity index (χ3v) is 3.27. The van der Waals surface area contributed by atoms with Crippen LogP contribution in [0.4, 0.5) is 5.69 Å². The molecule has 0 spiro atoms. The zero-order valence-electron chi connectivity index (χ0n) is 10.3. The normalized spacial score (nSPS) is 19.3. The molecule has 0 aliphatic carbocycles. The van der Waals surface area contributed by atoms with Crippen LogP contribution in [0.2, 0.25) is 0 Å². The van der Waals surface area contributed by atoms with Gasteiger partial charge in [0.05, 0.1) is 0 Å². The van der Waals surface area contributed by atoms with Gasteiger partial charge in [0.1, 0.15) is 6.10 Å². The largest absolute Gasteiger partial charge is 0.398 e. The lowest BCUT2D eigenvalue weighted by atomic mass is 10.1. The number of H-pyrrole nitrogens is 1. The fraction of sp³-hybridized carbons (Fsp3) is 0.385. The molecule has 0 saturated carbocycles. The van der Waals surface area contributed by atoms with Crippen molar-refractivity contribution in [3.63, 3.8) is 0 Å². The van der Waals surface area contributed by atoms with Gasteiger partial charge in [-0.2, -0.15) is 5.10 Å². The Kier molecular flexibility index (Phi) is 2.76. The van der Waals surface area contributed by atoms with E-state index < -0.39 is 0 Å². The van der Waals surface area contributed by atoms with Gasteiger partial charge in [-0.1, -0.05) is 12.1 Å². The first-order chi connectivity index (χ1) is 8.74. The van der Waals surface area contributed by atoms with E-state index in [1.165, 1.54) is 0 Å². The van der Waals surface area contributed by atoms with Crippen molar-refractivity contribution in [3.8, 4) is 11.4 Å². The number of hydrogen-bond acceptors (Lipinski definition) is 4. The van der Waals surface area contributed by atoms with Crippen LogP contribution in [-0.2, 0) is 4.74 Å². The summed E-state index contributed by atoms with van der Waals surface area (Å²) in [6, 6.07) is 5.86. The first-order valence-electron chi connectivity index (χ1n) is 6.14. The zero-order valence-corrected chi connectivity index (χ0v) is 10.3. The Hall–Kier alpha value is -1.88. The number of benzene rings is 1. The lowest BCUT2D eigenvalue weighted by Gasteiger charge is -2.03. The number of aryl methyl sites for hydroxylation is 1. The molecule has 0 bridgehead atoms. The first-order valence-corrected chi connectivity index (χ1v) is 6.14. The van der Waals surface area contributed by atoms with Gasteiger partial charge in [0.15, 0.2) is 11.6 Å². The number of rotatable bonds is 2. The molecule has 1 unspecified atom stereocenters. The summed E-state index contributed by atoms with van der Waals surface area (Å²) in [4.78, 5) is 4.49. The Morgan fingerprint density at radius 1 is 1.44 bits per heavy atom. The molecule has 2 heterocycles. The molecule has 1 aromatic heterocycles. The summed E-state index contributed by atoms with van der Waals surface area (Å²) in [7, 11) is 0. The Morgan fingerprint density at radius 2 is 2.33 bits per heavy atom. The number of aromatic amines is 1. The summed E-state index contributed by atoms with van der Waals surface area (Å²) in [6.45, 7) is 2.78. The number of nitrogens with zero attached hydrogens (tertiary/aromatic N) is 2. The number of hydrogen-bond donors (Lipinski definition) is 2. The van der Waals surface area contributed by atoms with Crippen molar-refractivity contribution in [2.24, 2.45) is 0 Å². The second-order valence-corrected chi connectivity index (χ2v) is 4.62. The Morgan fingerprint density at radius 3 is 3.06 bits per heavy atom. The van der Waals surface area contributed by atoms with Gasteiger partial charge < -0.3 is 10.5 Å². The molecule has 3 rings (SSSR count). The molecule has 1 aliphatic rings. The summed E-state index contributed by atoms with van der Waals surface area (Å²) in [5.74, 6) is 1.48. The van der Waals surface area contributed by atoms with Crippen LogP contribution in [0.15, 0.2) is 18.2 Å². The van der Waals surface area contributed by atoms with E-state index in [1.807, 2.05) is 25.1 Å². The molecule has 18 heavy (non-hydrogen) atoms. The van der Waals surface area contributed by atoms with Gasteiger partial charge in [-0.05, 0) is 31.4 Å². The van der Waals surface area contributed by atoms with E-state index in [-0.39, 0.29) is 6.10 Å². The minimum Gasteiger partial charge on any atom is -0.398 e. The first kappa shape index (κ1) is 11.2. The van der Waals surface area contributed by atoms with E-state index in [4.69, 9.17) is 10.5 Å². The maximum atomic E-state index is 5.90. The minimum atomic E-state index is 0.0639. The Balaban J connectivity index is 1.89. The molecule has 1 aliphatic heterocycles. The standard InChI is InChI=1S/C13H16N4O/c1-8-4-5-9(7-10(8)14)12-15-13(17-16-12)11-3-2-6-18-11/h4-5,7,11H,2-3,6,14H2,1H3,(H,15,16,17). The van der Waals surface area contributed by atoms with Crippen molar-refractivity contribution >= 4 is 5.69 Å². The molecule has 5 nitrogen and oxygen atoms in total. The molecule has 0 amide bonds. The smallest absolute Gasteiger partial charge is 0.181 e. The molecule has 2 aromatic rings. The van der Waals surface area contributed by atoms with Gasteiger partial charge in [-0.15, -0.1) is 0 Å². The molecule has 1 atom stereocenters. The topological polar surface area (TPSA) is 76.8 Å². The Labute approximate surface area is 105 Å². The monoisotopic (exact) mass is 244 g/mol. The maximum Gasteiger partial charge on any atom is 0.181 e. The molecule has 3 N–H and O–H groups in total. The van der Waals surface area contributed by atoms with Gasteiger partial charge in [-0.25, -0.2) is 4.98 Å². The van der Waals surface area contributed by atoms with Crippen molar-refractivity contribution < 1.29 is 4.74 Å². The second kappa shape index (κ2) is 4.42. The second-order valence-electron chi connectivity index (χ2n) is 4.62. The van der Waals surface area contributed by atoms with Gasteiger partial charge in [-0.3, -0.25) is 5.10 Å². The van der Waals surface area contributed by atoms with E-state index in [0.29, 0.717) is 5.82 Å². The van der Waals surface area contributed by atoms with E-state index in [9.17, 15) is 0 Å². The highest BCUT2D eigenvalue weighted by atomic mass is 16.5. The molecular formula is C13H16N4O. The average Bonchev–Trinajstić information content (AvgIpc) is 3.01. The number of nitrogens with one attached hydrogen (secondary N) is 1. The van der Waals surface area contributed by atoms with Crippen LogP contribution in [0.25, 0.3) is 11.4 Å². The number of ether oxygens (including phenoxy) is 1. The highest BCUT2D eigenvalue weighted by molar-refractivity contribution is 5.63. The molecular weight excluding hydrogens is 228 g/mol. The highest BCUT2D eigenvalue weighted by Gasteiger charge is 2.21. The predicted molar refractivity (Wildman–Crippen MR) is 68.9 cm³/mol. The van der Waals surface area contributed by atoms with E-state index in [2.05, 4.69) is 15.2 Å². The van der Waals surface area contributed by atoms with Gasteiger partial charge >= 0.3 is 0 Å². The van der Waals surface area contributed by atoms with Crippen molar-refractivity contribution in [1.82, 2.24) is 15.2 Å². The minimum absolute atomic E-state index is 0.0639. The van der Waals surface area contributed by atoms with Crippen LogP contribution in [0.1, 0.15) is 30.3 Å². The third-order valence-electron chi connectivity index (χ3n) is 3.27. The predicted octanol–water partition coefficient (Wildman–Crippen LogP) is 2.21. The van der Waals surface area contributed by atoms with Gasteiger partial charge in [0.25, 0.3) is 0 Å². The highest BCUT2D eigenvalue weighted by Crippen LogP contribution is 2.27. The number of nitrogen functional groups attached to an aromatic ring is 1. The Bertz CT molecular complexity index is 558. The van der Waals surface area contributed by atoms with Crippen LogP contribution in [0.3, 0.4) is 0 Å². The van der Waals surface area contributed by atoms with Crippen molar-refractivity contribution in [1.29, 1.82) is 0 Å². The SMILES string of the molecule is Cc1ccc(-c2n[nH]c(C3CCCO3)n2)cc1N. The number of nitrogens with two attached hydrogens (primary N) is 1. The van der Waals surface area contributed by atoms with E-state index in [0.717, 1.165) is 42.1 Å². The average molecular weight is 244 g/mol. The fourth-order valence-corrected chi connectivity index (χ4v) is 2.12. The van der Waals surface area contributed by atoms with Crippen molar-refractivity contribution in [3.05, 3.63) is 29.6 Å². The summed E-state index contributed by atoms with van der Waals surface area (Å²) < 4.78 is 5.57. The van der Waals surface area contributed by atoms with Crippen LogP contribution in [0, 0.1) is 6.92 Å². The molecule has 1 saturated heterocycles. The van der Waals surface area contributed by atoms with Crippen LogP contribution < -0.4 is 5.73 Å². The lowest BCUT2D eigenvalue weighted by Crippen LogP contribution is -1.98.